The monoisotopic (exact) mass is 418 g/mol. The number of ether oxygens (including phenoxy) is 1. The number of aliphatic hydroxyl groups is 3. The van der Waals surface area contributed by atoms with Crippen LogP contribution in [0.25, 0.3) is 33.3 Å². The van der Waals surface area contributed by atoms with Crippen molar-refractivity contribution in [1.82, 2.24) is 14.5 Å². The smallest absolute Gasteiger partial charge is 0.164 e. The molecule has 0 saturated carbocycles. The second kappa shape index (κ2) is 7.75. The number of hydrogen-bond acceptors (Lipinski definition) is 7. The Labute approximate surface area is 178 Å². The van der Waals surface area contributed by atoms with Gasteiger partial charge in [-0.25, -0.2) is 9.97 Å². The van der Waals surface area contributed by atoms with E-state index in [9.17, 15) is 15.3 Å². The Morgan fingerprint density at radius 2 is 1.58 bits per heavy atom. The molecule has 0 radical (unpaired) electrons. The Bertz CT molecular complexity index is 1210. The number of nitrogens with zero attached hydrogens (tertiary/aromatic N) is 3. The van der Waals surface area contributed by atoms with Gasteiger partial charge in [0.2, 0.25) is 0 Å². The summed E-state index contributed by atoms with van der Waals surface area (Å²) >= 11 is 0. The summed E-state index contributed by atoms with van der Waals surface area (Å²) in [7, 11) is 0. The SMILES string of the molecule is Nc1ncnc2c1c(-c1ccc(-c3ccccc3)cc1)cn2[C@@H]1O[C@H](CO)[C@@H](O)[C@H]1O. The van der Waals surface area contributed by atoms with E-state index in [2.05, 4.69) is 22.1 Å². The van der Waals surface area contributed by atoms with E-state index in [0.717, 1.165) is 22.3 Å². The number of rotatable bonds is 4. The highest BCUT2D eigenvalue weighted by Gasteiger charge is 2.44. The average Bonchev–Trinajstić information content (AvgIpc) is 3.33. The molecule has 1 aliphatic heterocycles. The Balaban J connectivity index is 1.60. The lowest BCUT2D eigenvalue weighted by atomic mass is 10.0. The van der Waals surface area contributed by atoms with Crippen LogP contribution in [0.4, 0.5) is 5.82 Å². The van der Waals surface area contributed by atoms with Crippen molar-refractivity contribution in [1.29, 1.82) is 0 Å². The molecule has 0 spiro atoms. The zero-order valence-electron chi connectivity index (χ0n) is 16.5. The fraction of sp³-hybridized carbons (Fsp3) is 0.217. The third kappa shape index (κ3) is 3.26. The standard InChI is InChI=1S/C23H22N4O4/c24-21-18-16(15-8-6-14(7-9-15)13-4-2-1-3-5-13)10-27(22(18)26-12-25-21)23-20(30)19(29)17(11-28)31-23/h1-10,12,17,19-20,23,28-30H,11H2,(H2,24,25,26)/t17-,19-,20-,23-/m1/s1. The first-order valence-corrected chi connectivity index (χ1v) is 9.98. The first kappa shape index (κ1) is 19.7. The van der Waals surface area contributed by atoms with Gasteiger partial charge in [-0.05, 0) is 16.7 Å². The van der Waals surface area contributed by atoms with E-state index in [1.807, 2.05) is 42.5 Å². The summed E-state index contributed by atoms with van der Waals surface area (Å²) in [6.07, 6.45) is -1.10. The van der Waals surface area contributed by atoms with Gasteiger partial charge >= 0.3 is 0 Å². The van der Waals surface area contributed by atoms with Crippen LogP contribution < -0.4 is 5.73 Å². The van der Waals surface area contributed by atoms with E-state index in [-0.39, 0.29) is 0 Å². The van der Waals surface area contributed by atoms with Crippen molar-refractivity contribution in [2.24, 2.45) is 0 Å². The molecule has 0 unspecified atom stereocenters. The van der Waals surface area contributed by atoms with Crippen LogP contribution in [-0.2, 0) is 4.74 Å². The first-order valence-electron chi connectivity index (χ1n) is 9.98. The van der Waals surface area contributed by atoms with Gasteiger partial charge in [0.25, 0.3) is 0 Å². The number of aliphatic hydroxyl groups excluding tert-OH is 3. The minimum atomic E-state index is -1.22. The maximum Gasteiger partial charge on any atom is 0.164 e. The summed E-state index contributed by atoms with van der Waals surface area (Å²) in [5.41, 5.74) is 10.5. The molecule has 2 aromatic heterocycles. The Kier molecular flexibility index (Phi) is 4.91. The zero-order chi connectivity index (χ0) is 21.5. The molecule has 8 nitrogen and oxygen atoms in total. The van der Waals surface area contributed by atoms with E-state index >= 15 is 0 Å². The van der Waals surface area contributed by atoms with Gasteiger partial charge < -0.3 is 30.4 Å². The van der Waals surface area contributed by atoms with Crippen molar-refractivity contribution in [3.05, 3.63) is 67.1 Å². The van der Waals surface area contributed by atoms with Crippen molar-refractivity contribution < 1.29 is 20.1 Å². The van der Waals surface area contributed by atoms with Gasteiger partial charge in [-0.1, -0.05) is 54.6 Å². The van der Waals surface area contributed by atoms with Crippen LogP contribution in [0, 0.1) is 0 Å². The van der Waals surface area contributed by atoms with Crippen LogP contribution in [0.2, 0.25) is 0 Å². The Morgan fingerprint density at radius 3 is 2.26 bits per heavy atom. The highest BCUT2D eigenvalue weighted by molar-refractivity contribution is 6.00. The van der Waals surface area contributed by atoms with Crippen molar-refractivity contribution >= 4 is 16.9 Å². The number of fused-ring (bicyclic) bond motifs is 1. The molecular formula is C23H22N4O4. The minimum absolute atomic E-state index is 0.303. The fourth-order valence-electron chi connectivity index (χ4n) is 4.10. The molecular weight excluding hydrogens is 396 g/mol. The quantitative estimate of drug-likeness (QED) is 0.399. The summed E-state index contributed by atoms with van der Waals surface area (Å²) < 4.78 is 7.34. The molecule has 8 heteroatoms. The second-order valence-electron chi connectivity index (χ2n) is 7.58. The molecule has 4 atom stereocenters. The summed E-state index contributed by atoms with van der Waals surface area (Å²) in [5.74, 6) is 0.303. The minimum Gasteiger partial charge on any atom is -0.394 e. The van der Waals surface area contributed by atoms with Gasteiger partial charge in [0.1, 0.15) is 36.1 Å². The predicted molar refractivity (Wildman–Crippen MR) is 116 cm³/mol. The summed E-state index contributed by atoms with van der Waals surface area (Å²) in [4.78, 5) is 8.47. The molecule has 5 rings (SSSR count). The van der Waals surface area contributed by atoms with Crippen LogP contribution in [0.5, 0.6) is 0 Å². The highest BCUT2D eigenvalue weighted by atomic mass is 16.6. The average molecular weight is 418 g/mol. The van der Waals surface area contributed by atoms with Crippen molar-refractivity contribution in [3.63, 3.8) is 0 Å². The third-order valence-electron chi connectivity index (χ3n) is 5.73. The van der Waals surface area contributed by atoms with Gasteiger partial charge in [0.15, 0.2) is 6.23 Å². The maximum atomic E-state index is 10.5. The van der Waals surface area contributed by atoms with E-state index < -0.39 is 31.1 Å². The molecule has 158 valence electrons. The number of nitrogens with two attached hydrogens (primary N) is 1. The molecule has 31 heavy (non-hydrogen) atoms. The van der Waals surface area contributed by atoms with E-state index in [1.165, 1.54) is 6.33 Å². The first-order chi connectivity index (χ1) is 15.1. The van der Waals surface area contributed by atoms with Gasteiger partial charge in [-0.3, -0.25) is 0 Å². The predicted octanol–water partition coefficient (Wildman–Crippen LogP) is 1.96. The van der Waals surface area contributed by atoms with Gasteiger partial charge in [-0.15, -0.1) is 0 Å². The van der Waals surface area contributed by atoms with Crippen LogP contribution >= 0.6 is 0 Å². The number of aromatic nitrogens is 3. The van der Waals surface area contributed by atoms with Crippen LogP contribution in [0.1, 0.15) is 6.23 Å². The molecule has 0 bridgehead atoms. The van der Waals surface area contributed by atoms with E-state index in [4.69, 9.17) is 10.5 Å². The van der Waals surface area contributed by atoms with Crippen LogP contribution in [0.15, 0.2) is 67.1 Å². The molecule has 4 aromatic rings. The lowest BCUT2D eigenvalue weighted by Crippen LogP contribution is -2.33. The van der Waals surface area contributed by atoms with E-state index in [1.54, 1.807) is 10.8 Å². The topological polar surface area (TPSA) is 127 Å². The van der Waals surface area contributed by atoms with Gasteiger partial charge in [0.05, 0.1) is 12.0 Å². The molecule has 2 aromatic carbocycles. The summed E-state index contributed by atoms with van der Waals surface area (Å²) in [6, 6.07) is 18.1. The zero-order valence-corrected chi connectivity index (χ0v) is 16.5. The highest BCUT2D eigenvalue weighted by Crippen LogP contribution is 2.38. The maximum absolute atomic E-state index is 10.5. The summed E-state index contributed by atoms with van der Waals surface area (Å²) in [6.45, 7) is -0.404. The second-order valence-corrected chi connectivity index (χ2v) is 7.58. The number of benzene rings is 2. The van der Waals surface area contributed by atoms with Gasteiger partial charge in [-0.2, -0.15) is 0 Å². The Morgan fingerprint density at radius 1 is 0.903 bits per heavy atom. The Hall–Kier alpha value is -3.30. The van der Waals surface area contributed by atoms with E-state index in [0.29, 0.717) is 16.9 Å². The van der Waals surface area contributed by atoms with Gasteiger partial charge in [0, 0.05) is 11.8 Å². The molecule has 0 aliphatic carbocycles. The molecule has 1 saturated heterocycles. The number of nitrogen functional groups attached to an aromatic ring is 1. The number of anilines is 1. The summed E-state index contributed by atoms with van der Waals surface area (Å²) in [5, 5.41) is 30.7. The normalized spacial score (nSPS) is 23.5. The third-order valence-corrected chi connectivity index (χ3v) is 5.73. The molecule has 1 fully saturated rings. The largest absolute Gasteiger partial charge is 0.394 e. The molecule has 5 N–H and O–H groups in total. The van der Waals surface area contributed by atoms with Crippen molar-refractivity contribution in [2.45, 2.75) is 24.5 Å². The van der Waals surface area contributed by atoms with Crippen LogP contribution in [0.3, 0.4) is 0 Å². The molecule has 1 aliphatic rings. The van der Waals surface area contributed by atoms with Crippen molar-refractivity contribution in [3.8, 4) is 22.3 Å². The molecule has 3 heterocycles. The lowest BCUT2D eigenvalue weighted by Gasteiger charge is -2.17. The van der Waals surface area contributed by atoms with Crippen LogP contribution in [-0.4, -0.2) is 54.8 Å². The fourth-order valence-corrected chi connectivity index (χ4v) is 4.10. The lowest BCUT2D eigenvalue weighted by molar-refractivity contribution is -0.0508. The van der Waals surface area contributed by atoms with Crippen molar-refractivity contribution in [2.75, 3.05) is 12.3 Å². The molecule has 0 amide bonds. The number of hydrogen-bond donors (Lipinski definition) is 4.